The molecule has 0 aliphatic heterocycles. The SMILES string of the molecule is N#C/C(=C\c1ccc(Cc2ccccc2F)cc1)C(=O)Nc1ccc(Cl)cc1. The average molecular weight is 391 g/mol. The second-order valence-corrected chi connectivity index (χ2v) is 6.58. The topological polar surface area (TPSA) is 52.9 Å². The molecule has 3 aromatic rings. The number of carbonyl (C=O) groups is 1. The van der Waals surface area contributed by atoms with Crippen LogP contribution in [-0.4, -0.2) is 5.91 Å². The lowest BCUT2D eigenvalue weighted by molar-refractivity contribution is -0.112. The van der Waals surface area contributed by atoms with Crippen LogP contribution in [0.15, 0.2) is 78.4 Å². The van der Waals surface area contributed by atoms with Gasteiger partial charge in [-0.2, -0.15) is 5.26 Å². The Labute approximate surface area is 167 Å². The Morgan fingerprint density at radius 1 is 1.04 bits per heavy atom. The summed E-state index contributed by atoms with van der Waals surface area (Å²) in [6.45, 7) is 0. The van der Waals surface area contributed by atoms with Gasteiger partial charge in [0.2, 0.25) is 0 Å². The molecule has 3 aromatic carbocycles. The second kappa shape index (κ2) is 8.98. The molecular formula is C23H16ClFN2O. The fraction of sp³-hybridized carbons (Fsp3) is 0.0435. The second-order valence-electron chi connectivity index (χ2n) is 6.14. The van der Waals surface area contributed by atoms with Gasteiger partial charge in [0.15, 0.2) is 0 Å². The first-order chi connectivity index (χ1) is 13.5. The molecular weight excluding hydrogens is 375 g/mol. The number of benzene rings is 3. The molecule has 0 aliphatic carbocycles. The molecule has 0 bridgehead atoms. The highest BCUT2D eigenvalue weighted by Crippen LogP contribution is 2.17. The van der Waals surface area contributed by atoms with Crippen molar-refractivity contribution in [2.45, 2.75) is 6.42 Å². The van der Waals surface area contributed by atoms with Crippen molar-refractivity contribution in [1.82, 2.24) is 0 Å². The minimum Gasteiger partial charge on any atom is -0.321 e. The molecule has 0 atom stereocenters. The van der Waals surface area contributed by atoms with E-state index in [9.17, 15) is 14.4 Å². The predicted octanol–water partition coefficient (Wildman–Crippen LogP) is 5.62. The van der Waals surface area contributed by atoms with Crippen LogP contribution < -0.4 is 5.32 Å². The van der Waals surface area contributed by atoms with Gasteiger partial charge in [0.05, 0.1) is 0 Å². The highest BCUT2D eigenvalue weighted by molar-refractivity contribution is 6.30. The number of hydrogen-bond donors (Lipinski definition) is 1. The molecule has 138 valence electrons. The number of nitrogens with zero attached hydrogens (tertiary/aromatic N) is 1. The zero-order chi connectivity index (χ0) is 19.9. The molecule has 0 spiro atoms. The van der Waals surface area contributed by atoms with Gasteiger partial charge in [-0.05, 0) is 53.1 Å². The Bertz CT molecular complexity index is 1050. The van der Waals surface area contributed by atoms with E-state index in [4.69, 9.17) is 11.6 Å². The summed E-state index contributed by atoms with van der Waals surface area (Å²) in [4.78, 5) is 12.3. The van der Waals surface area contributed by atoms with E-state index in [-0.39, 0.29) is 11.4 Å². The van der Waals surface area contributed by atoms with Crippen molar-refractivity contribution < 1.29 is 9.18 Å². The summed E-state index contributed by atoms with van der Waals surface area (Å²) < 4.78 is 13.8. The molecule has 0 heterocycles. The van der Waals surface area contributed by atoms with Crippen molar-refractivity contribution in [2.75, 3.05) is 5.32 Å². The van der Waals surface area contributed by atoms with Gasteiger partial charge in [0, 0.05) is 17.1 Å². The average Bonchev–Trinajstić information content (AvgIpc) is 2.70. The summed E-state index contributed by atoms with van der Waals surface area (Å²) >= 11 is 5.82. The zero-order valence-corrected chi connectivity index (χ0v) is 15.6. The molecule has 0 unspecified atom stereocenters. The van der Waals surface area contributed by atoms with Crippen molar-refractivity contribution in [1.29, 1.82) is 5.26 Å². The largest absolute Gasteiger partial charge is 0.321 e. The van der Waals surface area contributed by atoms with Crippen LogP contribution in [0.5, 0.6) is 0 Å². The van der Waals surface area contributed by atoms with E-state index in [0.29, 0.717) is 28.3 Å². The molecule has 3 rings (SSSR count). The first-order valence-electron chi connectivity index (χ1n) is 8.56. The highest BCUT2D eigenvalue weighted by atomic mass is 35.5. The van der Waals surface area contributed by atoms with Crippen LogP contribution in [0.1, 0.15) is 16.7 Å². The first-order valence-corrected chi connectivity index (χ1v) is 8.94. The third-order valence-electron chi connectivity index (χ3n) is 4.11. The maximum absolute atomic E-state index is 13.8. The van der Waals surface area contributed by atoms with Crippen molar-refractivity contribution >= 4 is 29.3 Å². The fourth-order valence-corrected chi connectivity index (χ4v) is 2.77. The molecule has 0 radical (unpaired) electrons. The third-order valence-corrected chi connectivity index (χ3v) is 4.36. The van der Waals surface area contributed by atoms with E-state index < -0.39 is 5.91 Å². The van der Waals surface area contributed by atoms with Crippen LogP contribution in [0.4, 0.5) is 10.1 Å². The fourth-order valence-electron chi connectivity index (χ4n) is 2.64. The molecule has 1 amide bonds. The summed E-state index contributed by atoms with van der Waals surface area (Å²) in [6, 6.07) is 22.5. The minimum absolute atomic E-state index is 0.0168. The number of nitriles is 1. The van der Waals surface area contributed by atoms with Crippen LogP contribution in [0, 0.1) is 17.1 Å². The summed E-state index contributed by atoms with van der Waals surface area (Å²) in [7, 11) is 0. The van der Waals surface area contributed by atoms with E-state index in [1.165, 1.54) is 12.1 Å². The number of rotatable bonds is 5. The Morgan fingerprint density at radius 2 is 1.71 bits per heavy atom. The molecule has 5 heteroatoms. The predicted molar refractivity (Wildman–Crippen MR) is 109 cm³/mol. The normalized spacial score (nSPS) is 11.0. The quantitative estimate of drug-likeness (QED) is 0.454. The van der Waals surface area contributed by atoms with E-state index >= 15 is 0 Å². The number of amides is 1. The summed E-state index contributed by atoms with van der Waals surface area (Å²) in [5.41, 5.74) is 2.80. The van der Waals surface area contributed by atoms with E-state index in [1.54, 1.807) is 54.6 Å². The molecule has 0 saturated carbocycles. The van der Waals surface area contributed by atoms with Gasteiger partial charge in [-0.3, -0.25) is 4.79 Å². The van der Waals surface area contributed by atoms with Crippen LogP contribution in [0.25, 0.3) is 6.08 Å². The van der Waals surface area contributed by atoms with Gasteiger partial charge in [0.25, 0.3) is 5.91 Å². The zero-order valence-electron chi connectivity index (χ0n) is 14.8. The van der Waals surface area contributed by atoms with Gasteiger partial charge >= 0.3 is 0 Å². The van der Waals surface area contributed by atoms with Crippen LogP contribution in [-0.2, 0) is 11.2 Å². The van der Waals surface area contributed by atoms with Crippen LogP contribution in [0.3, 0.4) is 0 Å². The molecule has 28 heavy (non-hydrogen) atoms. The van der Waals surface area contributed by atoms with Crippen LogP contribution in [0.2, 0.25) is 5.02 Å². The Morgan fingerprint density at radius 3 is 2.36 bits per heavy atom. The van der Waals surface area contributed by atoms with E-state index in [0.717, 1.165) is 5.56 Å². The van der Waals surface area contributed by atoms with Crippen LogP contribution >= 0.6 is 11.6 Å². The number of anilines is 1. The number of halogens is 2. The van der Waals surface area contributed by atoms with Gasteiger partial charge in [-0.25, -0.2) is 4.39 Å². The Balaban J connectivity index is 1.72. The Kier molecular flexibility index (Phi) is 6.21. The van der Waals surface area contributed by atoms with E-state index in [1.807, 2.05) is 18.2 Å². The smallest absolute Gasteiger partial charge is 0.266 e. The molecule has 0 aromatic heterocycles. The van der Waals surface area contributed by atoms with E-state index in [2.05, 4.69) is 5.32 Å². The lowest BCUT2D eigenvalue weighted by Crippen LogP contribution is -2.13. The summed E-state index contributed by atoms with van der Waals surface area (Å²) in [6.07, 6.45) is 1.98. The molecule has 0 fully saturated rings. The van der Waals surface area contributed by atoms with Crippen molar-refractivity contribution in [2.24, 2.45) is 0 Å². The number of hydrogen-bond acceptors (Lipinski definition) is 2. The van der Waals surface area contributed by atoms with Gasteiger partial charge in [-0.15, -0.1) is 0 Å². The Hall–Kier alpha value is -3.42. The lowest BCUT2D eigenvalue weighted by atomic mass is 10.0. The maximum atomic E-state index is 13.8. The highest BCUT2D eigenvalue weighted by Gasteiger charge is 2.10. The van der Waals surface area contributed by atoms with Crippen molar-refractivity contribution in [3.05, 3.63) is 106 Å². The first kappa shape index (κ1) is 19.3. The molecule has 0 aliphatic rings. The molecule has 1 N–H and O–H groups in total. The standard InChI is InChI=1S/C23H16ClFN2O/c24-20-9-11-21(12-10-20)27-23(28)19(15-26)14-17-7-5-16(6-8-17)13-18-3-1-2-4-22(18)25/h1-12,14H,13H2,(H,27,28)/b19-14+. The van der Waals surface area contributed by atoms with Crippen molar-refractivity contribution in [3.63, 3.8) is 0 Å². The lowest BCUT2D eigenvalue weighted by Gasteiger charge is -2.06. The van der Waals surface area contributed by atoms with Crippen molar-refractivity contribution in [3.8, 4) is 6.07 Å². The molecule has 3 nitrogen and oxygen atoms in total. The monoisotopic (exact) mass is 390 g/mol. The van der Waals surface area contributed by atoms with Gasteiger partial charge < -0.3 is 5.32 Å². The summed E-state index contributed by atoms with van der Waals surface area (Å²) in [5.74, 6) is -0.739. The van der Waals surface area contributed by atoms with Gasteiger partial charge in [-0.1, -0.05) is 54.1 Å². The van der Waals surface area contributed by atoms with Gasteiger partial charge in [0.1, 0.15) is 17.5 Å². The molecule has 0 saturated heterocycles. The summed E-state index contributed by atoms with van der Waals surface area (Å²) in [5, 5.41) is 12.5. The number of nitrogens with one attached hydrogen (secondary N) is 1. The number of carbonyl (C=O) groups excluding carboxylic acids is 1. The maximum Gasteiger partial charge on any atom is 0.266 e. The third kappa shape index (κ3) is 5.06. The minimum atomic E-state index is -0.500.